The third-order valence-electron chi connectivity index (χ3n) is 12.2. The van der Waals surface area contributed by atoms with Crippen LogP contribution in [0, 0.1) is 0 Å². The largest absolute Gasteiger partial charge is 0.455 e. The topological polar surface area (TPSA) is 74.0 Å². The van der Waals surface area contributed by atoms with E-state index < -0.39 is 0 Å². The fourth-order valence-electron chi connectivity index (χ4n) is 9.05. The Labute approximate surface area is 367 Å². The molecule has 304 valence electrons. The summed E-state index contributed by atoms with van der Waals surface area (Å²) in [5.41, 5.74) is 14.8. The molecule has 0 amide bonds. The minimum atomic E-state index is -0.241. The number of fused-ring (bicyclic) bond motifs is 3. The van der Waals surface area contributed by atoms with E-state index in [1.54, 1.807) is 0 Å². The number of aliphatic imine (C=N–C) groups is 2. The summed E-state index contributed by atoms with van der Waals surface area (Å²) in [6.07, 6.45) is 1.75. The van der Waals surface area contributed by atoms with Crippen LogP contribution < -0.4 is 16.0 Å². The summed E-state index contributed by atoms with van der Waals surface area (Å²) in [4.78, 5) is 10.6. The smallest absolute Gasteiger partial charge is 0.143 e. The van der Waals surface area contributed by atoms with Crippen molar-refractivity contribution in [3.05, 3.63) is 251 Å². The Kier molecular flexibility index (Phi) is 10.1. The Morgan fingerprint density at radius 1 is 0.460 bits per heavy atom. The molecular weight excluding hydrogens is 771 g/mol. The lowest BCUT2D eigenvalue weighted by Crippen LogP contribution is -2.44. The van der Waals surface area contributed by atoms with Crippen LogP contribution in [0.1, 0.15) is 64.8 Å². The van der Waals surface area contributed by atoms with Crippen molar-refractivity contribution in [3.63, 3.8) is 0 Å². The molecule has 8 aromatic carbocycles. The fraction of sp³-hybridized carbons (Fsp3) is 0.0877. The third kappa shape index (κ3) is 7.56. The monoisotopic (exact) mass is 815 g/mol. The molecule has 0 saturated heterocycles. The van der Waals surface area contributed by atoms with Crippen molar-refractivity contribution >= 4 is 33.5 Å². The van der Waals surface area contributed by atoms with Gasteiger partial charge in [0, 0.05) is 21.9 Å². The zero-order chi connectivity index (χ0) is 42.1. The molecule has 0 aliphatic carbocycles. The number of hydrogen-bond donors (Lipinski definition) is 3. The molecule has 3 N–H and O–H groups in total. The standard InChI is InChI=1S/C57H45N5O/c1-37-35-49(58-54(40-19-8-3-9-20-40)59-52(37)39-17-6-2-7-18-39)45-26-16-25-44(36-45)46-33-34-48-47-27-14-15-28-50(47)63-53(48)51(46)38-29-31-43(32-30-38)57-61-55(41-21-10-4-11-22-41)60-56(62-57)42-23-12-5-13-24-42/h2-36,49,54-56,58,60H,1H3,(H,61,62). The quantitative estimate of drug-likeness (QED) is 0.143. The molecule has 6 nitrogen and oxygen atoms in total. The molecule has 3 heterocycles. The number of para-hydroxylation sites is 1. The minimum Gasteiger partial charge on any atom is -0.455 e. The van der Waals surface area contributed by atoms with E-state index in [0.29, 0.717) is 0 Å². The first kappa shape index (κ1) is 38.3. The van der Waals surface area contributed by atoms with Crippen LogP contribution in [0.25, 0.3) is 44.2 Å². The van der Waals surface area contributed by atoms with E-state index in [4.69, 9.17) is 14.4 Å². The van der Waals surface area contributed by atoms with Gasteiger partial charge in [0.05, 0.1) is 11.8 Å². The van der Waals surface area contributed by atoms with Gasteiger partial charge in [0.2, 0.25) is 0 Å². The molecule has 9 aromatic rings. The fourth-order valence-corrected chi connectivity index (χ4v) is 9.05. The minimum absolute atomic E-state index is 0.101. The third-order valence-corrected chi connectivity index (χ3v) is 12.2. The average molecular weight is 816 g/mol. The zero-order valence-corrected chi connectivity index (χ0v) is 34.8. The Bertz CT molecular complexity index is 3160. The Hall–Kier alpha value is -7.64. The SMILES string of the molecule is CC1=CC(c2cccc(-c3ccc4c(oc5ccccc54)c3-c3ccc(C4=NC(c5ccccc5)NC(c5ccccc5)N4)cc3)c2)NC(c2ccccc2)N=C1c1ccccc1. The van der Waals surface area contributed by atoms with Gasteiger partial charge in [-0.3, -0.25) is 15.6 Å². The van der Waals surface area contributed by atoms with Gasteiger partial charge in [-0.15, -0.1) is 0 Å². The summed E-state index contributed by atoms with van der Waals surface area (Å²) in [7, 11) is 0. The van der Waals surface area contributed by atoms with E-state index in [1.807, 2.05) is 18.2 Å². The molecule has 4 unspecified atom stereocenters. The van der Waals surface area contributed by atoms with Crippen molar-refractivity contribution in [2.24, 2.45) is 9.98 Å². The lowest BCUT2D eigenvalue weighted by Gasteiger charge is -2.32. The number of furan rings is 1. The number of nitrogens with zero attached hydrogens (tertiary/aromatic N) is 2. The van der Waals surface area contributed by atoms with Gasteiger partial charge in [-0.25, -0.2) is 4.99 Å². The molecular formula is C57H45N5O. The molecule has 0 bridgehead atoms. The maximum atomic E-state index is 6.79. The van der Waals surface area contributed by atoms with E-state index in [9.17, 15) is 0 Å². The molecule has 11 rings (SSSR count). The lowest BCUT2D eigenvalue weighted by atomic mass is 9.90. The van der Waals surface area contributed by atoms with Gasteiger partial charge in [-0.1, -0.05) is 194 Å². The predicted molar refractivity (Wildman–Crippen MR) is 258 cm³/mol. The molecule has 6 heteroatoms. The van der Waals surface area contributed by atoms with Crippen molar-refractivity contribution in [2.45, 2.75) is 31.5 Å². The van der Waals surface area contributed by atoms with Gasteiger partial charge in [0.25, 0.3) is 0 Å². The van der Waals surface area contributed by atoms with E-state index in [2.05, 4.69) is 217 Å². The summed E-state index contributed by atoms with van der Waals surface area (Å²) in [5.74, 6) is 0.838. The molecule has 0 radical (unpaired) electrons. The number of nitrogens with one attached hydrogen (secondary N) is 3. The molecule has 0 spiro atoms. The second kappa shape index (κ2) is 16.7. The van der Waals surface area contributed by atoms with Gasteiger partial charge >= 0.3 is 0 Å². The van der Waals surface area contributed by atoms with Crippen LogP contribution >= 0.6 is 0 Å². The summed E-state index contributed by atoms with van der Waals surface area (Å²) < 4.78 is 6.79. The van der Waals surface area contributed by atoms with Gasteiger partial charge < -0.3 is 9.73 Å². The van der Waals surface area contributed by atoms with Gasteiger partial charge in [0.1, 0.15) is 35.5 Å². The second-order valence-corrected chi connectivity index (χ2v) is 16.3. The van der Waals surface area contributed by atoms with E-state index in [0.717, 1.165) is 94.7 Å². The zero-order valence-electron chi connectivity index (χ0n) is 34.8. The number of allylic oxidation sites excluding steroid dienone is 1. The lowest BCUT2D eigenvalue weighted by molar-refractivity contribution is 0.409. The maximum absolute atomic E-state index is 6.79. The van der Waals surface area contributed by atoms with Crippen molar-refractivity contribution in [2.75, 3.05) is 0 Å². The number of hydrogen-bond acceptors (Lipinski definition) is 6. The van der Waals surface area contributed by atoms with Crippen LogP contribution in [0.15, 0.2) is 232 Å². The van der Waals surface area contributed by atoms with Crippen LogP contribution in [0.3, 0.4) is 0 Å². The highest BCUT2D eigenvalue weighted by atomic mass is 16.3. The summed E-state index contributed by atoms with van der Waals surface area (Å²) >= 11 is 0. The predicted octanol–water partition coefficient (Wildman–Crippen LogP) is 13.0. The van der Waals surface area contributed by atoms with Gasteiger partial charge in [-0.05, 0) is 75.2 Å². The highest BCUT2D eigenvalue weighted by Crippen LogP contribution is 2.43. The van der Waals surface area contributed by atoms with Crippen LogP contribution in [0.2, 0.25) is 0 Å². The number of amidine groups is 1. The molecule has 2 aliphatic rings. The normalized spacial score (nSPS) is 18.8. The highest BCUT2D eigenvalue weighted by molar-refractivity contribution is 6.13. The number of benzene rings is 8. The molecule has 4 atom stereocenters. The Balaban J connectivity index is 1.000. The van der Waals surface area contributed by atoms with Crippen molar-refractivity contribution in [1.29, 1.82) is 0 Å². The van der Waals surface area contributed by atoms with Crippen LogP contribution in [-0.4, -0.2) is 11.5 Å². The summed E-state index contributed by atoms with van der Waals surface area (Å²) in [6.45, 7) is 2.17. The van der Waals surface area contributed by atoms with Gasteiger partial charge in [-0.2, -0.15) is 0 Å². The van der Waals surface area contributed by atoms with Crippen LogP contribution in [0.4, 0.5) is 0 Å². The first-order valence-corrected chi connectivity index (χ1v) is 21.6. The molecule has 0 saturated carbocycles. The van der Waals surface area contributed by atoms with Crippen molar-refractivity contribution < 1.29 is 4.42 Å². The number of rotatable bonds is 8. The van der Waals surface area contributed by atoms with E-state index in [1.165, 1.54) is 0 Å². The van der Waals surface area contributed by atoms with E-state index >= 15 is 0 Å². The summed E-state index contributed by atoms with van der Waals surface area (Å²) in [6, 6.07) is 72.2. The second-order valence-electron chi connectivity index (χ2n) is 16.3. The van der Waals surface area contributed by atoms with Crippen molar-refractivity contribution in [1.82, 2.24) is 16.0 Å². The molecule has 0 fully saturated rings. The van der Waals surface area contributed by atoms with Crippen molar-refractivity contribution in [3.8, 4) is 22.3 Å². The van der Waals surface area contributed by atoms with Gasteiger partial charge in [0.15, 0.2) is 0 Å². The Morgan fingerprint density at radius 3 is 1.76 bits per heavy atom. The summed E-state index contributed by atoms with van der Waals surface area (Å²) in [5, 5.41) is 13.5. The molecule has 2 aliphatic heterocycles. The van der Waals surface area contributed by atoms with E-state index in [-0.39, 0.29) is 24.5 Å². The molecule has 1 aromatic heterocycles. The first-order valence-electron chi connectivity index (χ1n) is 21.6. The average Bonchev–Trinajstić information content (AvgIpc) is 3.64. The van der Waals surface area contributed by atoms with Crippen LogP contribution in [0.5, 0.6) is 0 Å². The highest BCUT2D eigenvalue weighted by Gasteiger charge is 2.27. The van der Waals surface area contributed by atoms with Crippen LogP contribution in [-0.2, 0) is 0 Å². The maximum Gasteiger partial charge on any atom is 0.143 e. The Morgan fingerprint density at radius 2 is 1.05 bits per heavy atom. The first-order chi connectivity index (χ1) is 31.1. The molecule has 63 heavy (non-hydrogen) atoms.